The number of hydrogen-bond acceptors (Lipinski definition) is 7. The van der Waals surface area contributed by atoms with Gasteiger partial charge in [0.1, 0.15) is 6.26 Å². The second-order valence-electron chi connectivity index (χ2n) is 6.16. The SMILES string of the molecule is O=C(c1ccoc1)N1CCN(c2cc(N3CCOCC3)cnn2)CC1. The minimum atomic E-state index is 0.0153. The van der Waals surface area contributed by atoms with Crippen molar-refractivity contribution in [2.24, 2.45) is 0 Å². The molecule has 0 saturated carbocycles. The molecule has 132 valence electrons. The first-order valence-corrected chi connectivity index (χ1v) is 8.53. The Morgan fingerprint density at radius 2 is 1.84 bits per heavy atom. The van der Waals surface area contributed by atoms with Crippen LogP contribution >= 0.6 is 0 Å². The molecule has 2 saturated heterocycles. The third-order valence-corrected chi connectivity index (χ3v) is 4.66. The molecular formula is C17H21N5O3. The highest BCUT2D eigenvalue weighted by Crippen LogP contribution is 2.21. The quantitative estimate of drug-likeness (QED) is 0.818. The number of hydrogen-bond donors (Lipinski definition) is 0. The molecule has 2 aliphatic heterocycles. The van der Waals surface area contributed by atoms with Gasteiger partial charge >= 0.3 is 0 Å². The van der Waals surface area contributed by atoms with Gasteiger partial charge in [-0.2, -0.15) is 5.10 Å². The van der Waals surface area contributed by atoms with E-state index in [1.807, 2.05) is 4.90 Å². The summed E-state index contributed by atoms with van der Waals surface area (Å²) in [5.74, 6) is 0.876. The topological polar surface area (TPSA) is 74.9 Å². The van der Waals surface area contributed by atoms with E-state index in [4.69, 9.17) is 9.15 Å². The van der Waals surface area contributed by atoms with E-state index in [2.05, 4.69) is 26.1 Å². The number of ether oxygens (including phenoxy) is 1. The Bertz CT molecular complexity index is 707. The van der Waals surface area contributed by atoms with Crippen LogP contribution in [0.2, 0.25) is 0 Å². The fraction of sp³-hybridized carbons (Fsp3) is 0.471. The summed E-state index contributed by atoms with van der Waals surface area (Å²) in [6.07, 6.45) is 4.82. The van der Waals surface area contributed by atoms with E-state index >= 15 is 0 Å². The van der Waals surface area contributed by atoms with Gasteiger partial charge in [0.2, 0.25) is 0 Å². The zero-order valence-corrected chi connectivity index (χ0v) is 14.0. The van der Waals surface area contributed by atoms with Crippen molar-refractivity contribution in [3.63, 3.8) is 0 Å². The maximum atomic E-state index is 12.4. The molecule has 25 heavy (non-hydrogen) atoms. The minimum Gasteiger partial charge on any atom is -0.472 e. The number of piperazine rings is 1. The molecule has 0 aliphatic carbocycles. The average molecular weight is 343 g/mol. The lowest BCUT2D eigenvalue weighted by molar-refractivity contribution is 0.0745. The van der Waals surface area contributed by atoms with E-state index in [1.54, 1.807) is 12.3 Å². The van der Waals surface area contributed by atoms with Crippen molar-refractivity contribution in [2.45, 2.75) is 0 Å². The molecule has 0 bridgehead atoms. The molecule has 2 aromatic rings. The van der Waals surface area contributed by atoms with Gasteiger partial charge in [-0.1, -0.05) is 0 Å². The second-order valence-corrected chi connectivity index (χ2v) is 6.16. The number of furan rings is 1. The summed E-state index contributed by atoms with van der Waals surface area (Å²) in [4.78, 5) is 18.7. The third-order valence-electron chi connectivity index (χ3n) is 4.66. The molecule has 2 fully saturated rings. The molecule has 2 aliphatic rings. The van der Waals surface area contributed by atoms with Crippen LogP contribution in [0.4, 0.5) is 11.5 Å². The number of amides is 1. The van der Waals surface area contributed by atoms with Crippen LogP contribution in [-0.2, 0) is 4.74 Å². The lowest BCUT2D eigenvalue weighted by Gasteiger charge is -2.35. The summed E-state index contributed by atoms with van der Waals surface area (Å²) >= 11 is 0. The first kappa shape index (κ1) is 15.9. The van der Waals surface area contributed by atoms with Crippen molar-refractivity contribution in [1.29, 1.82) is 0 Å². The molecule has 0 atom stereocenters. The standard InChI is InChI=1S/C17H21N5O3/c23-17(14-1-8-25-13-14)22-4-2-21(3-5-22)16-11-15(12-18-19-16)20-6-9-24-10-7-20/h1,8,11-13H,2-7,9-10H2. The van der Waals surface area contributed by atoms with Crippen molar-refractivity contribution in [3.05, 3.63) is 36.4 Å². The van der Waals surface area contributed by atoms with Gasteiger partial charge in [0.25, 0.3) is 5.91 Å². The Morgan fingerprint density at radius 3 is 2.56 bits per heavy atom. The molecule has 0 spiro atoms. The van der Waals surface area contributed by atoms with E-state index in [-0.39, 0.29) is 5.91 Å². The van der Waals surface area contributed by atoms with Crippen molar-refractivity contribution < 1.29 is 13.9 Å². The van der Waals surface area contributed by atoms with E-state index in [0.29, 0.717) is 18.7 Å². The van der Waals surface area contributed by atoms with E-state index < -0.39 is 0 Å². The van der Waals surface area contributed by atoms with Gasteiger partial charge in [-0.3, -0.25) is 4.79 Å². The molecule has 2 aromatic heterocycles. The summed E-state index contributed by atoms with van der Waals surface area (Å²) in [5, 5.41) is 8.44. The highest BCUT2D eigenvalue weighted by atomic mass is 16.5. The number of carbonyl (C=O) groups is 1. The molecule has 0 N–H and O–H groups in total. The van der Waals surface area contributed by atoms with Gasteiger partial charge < -0.3 is 23.9 Å². The van der Waals surface area contributed by atoms with Crippen LogP contribution in [0.15, 0.2) is 35.3 Å². The monoisotopic (exact) mass is 343 g/mol. The van der Waals surface area contributed by atoms with E-state index in [0.717, 1.165) is 50.9 Å². The first-order valence-electron chi connectivity index (χ1n) is 8.53. The van der Waals surface area contributed by atoms with Crippen LogP contribution in [0.1, 0.15) is 10.4 Å². The fourth-order valence-corrected chi connectivity index (χ4v) is 3.20. The molecule has 4 heterocycles. The molecule has 8 heteroatoms. The largest absolute Gasteiger partial charge is 0.472 e. The van der Waals surface area contributed by atoms with Crippen molar-refractivity contribution >= 4 is 17.4 Å². The Labute approximate surface area is 146 Å². The van der Waals surface area contributed by atoms with Gasteiger partial charge in [-0.25, -0.2) is 0 Å². The number of rotatable bonds is 3. The Kier molecular flexibility index (Phi) is 4.51. The van der Waals surface area contributed by atoms with Gasteiger partial charge in [0.05, 0.1) is 36.9 Å². The van der Waals surface area contributed by atoms with Crippen molar-refractivity contribution in [1.82, 2.24) is 15.1 Å². The lowest BCUT2D eigenvalue weighted by atomic mass is 10.2. The van der Waals surface area contributed by atoms with Crippen molar-refractivity contribution in [3.8, 4) is 0 Å². The average Bonchev–Trinajstić information content (AvgIpc) is 3.23. The molecule has 4 rings (SSSR count). The lowest BCUT2D eigenvalue weighted by Crippen LogP contribution is -2.49. The molecule has 0 radical (unpaired) electrons. The summed E-state index contributed by atoms with van der Waals surface area (Å²) in [6.45, 7) is 6.03. The van der Waals surface area contributed by atoms with Crippen LogP contribution in [0, 0.1) is 0 Å². The third kappa shape index (κ3) is 3.43. The molecule has 0 unspecified atom stereocenters. The van der Waals surface area contributed by atoms with Crippen LogP contribution in [-0.4, -0.2) is 73.5 Å². The van der Waals surface area contributed by atoms with Crippen molar-refractivity contribution in [2.75, 3.05) is 62.3 Å². The maximum Gasteiger partial charge on any atom is 0.257 e. The number of aromatic nitrogens is 2. The van der Waals surface area contributed by atoms with Crippen LogP contribution in [0.25, 0.3) is 0 Å². The summed E-state index contributed by atoms with van der Waals surface area (Å²) < 4.78 is 10.4. The number of carbonyl (C=O) groups excluding carboxylic acids is 1. The predicted molar refractivity (Wildman–Crippen MR) is 91.9 cm³/mol. The van der Waals surface area contributed by atoms with Gasteiger partial charge in [0, 0.05) is 45.3 Å². The molecule has 0 aromatic carbocycles. The Hall–Kier alpha value is -2.61. The van der Waals surface area contributed by atoms with Crippen LogP contribution in [0.5, 0.6) is 0 Å². The minimum absolute atomic E-state index is 0.0153. The summed E-state index contributed by atoms with van der Waals surface area (Å²) in [5.41, 5.74) is 1.67. The smallest absolute Gasteiger partial charge is 0.257 e. The summed E-state index contributed by atoms with van der Waals surface area (Å²) in [7, 11) is 0. The molecule has 1 amide bonds. The zero-order chi connectivity index (χ0) is 17.1. The maximum absolute atomic E-state index is 12.4. The fourth-order valence-electron chi connectivity index (χ4n) is 3.20. The normalized spacial score (nSPS) is 18.5. The summed E-state index contributed by atoms with van der Waals surface area (Å²) in [6, 6.07) is 3.78. The second kappa shape index (κ2) is 7.10. The highest BCUT2D eigenvalue weighted by Gasteiger charge is 2.24. The first-order chi connectivity index (χ1) is 12.3. The Morgan fingerprint density at radius 1 is 1.04 bits per heavy atom. The zero-order valence-electron chi connectivity index (χ0n) is 14.0. The predicted octanol–water partition coefficient (Wildman–Crippen LogP) is 0.869. The van der Waals surface area contributed by atoms with Gasteiger partial charge in [-0.15, -0.1) is 5.10 Å². The van der Waals surface area contributed by atoms with E-state index in [1.165, 1.54) is 12.5 Å². The van der Waals surface area contributed by atoms with Crippen LogP contribution in [0.3, 0.4) is 0 Å². The van der Waals surface area contributed by atoms with Gasteiger partial charge in [0.15, 0.2) is 5.82 Å². The van der Waals surface area contributed by atoms with Crippen LogP contribution < -0.4 is 9.80 Å². The number of nitrogens with zero attached hydrogens (tertiary/aromatic N) is 5. The number of anilines is 2. The Balaban J connectivity index is 1.40. The van der Waals surface area contributed by atoms with Gasteiger partial charge in [-0.05, 0) is 6.07 Å². The molecular weight excluding hydrogens is 322 g/mol. The number of morpholine rings is 1. The van der Waals surface area contributed by atoms with E-state index in [9.17, 15) is 4.79 Å². The molecule has 8 nitrogen and oxygen atoms in total. The highest BCUT2D eigenvalue weighted by molar-refractivity contribution is 5.94.